The van der Waals surface area contributed by atoms with Gasteiger partial charge in [-0.15, -0.1) is 0 Å². The SMILES string of the molecule is COc1ccc(OC[C@H](O)CN(CCC(C)C)Cc2ccc(OC)c(OC)c2)cc1. The largest absolute Gasteiger partial charge is 0.497 e. The number of hydrogen-bond acceptors (Lipinski definition) is 6. The Morgan fingerprint density at radius 2 is 1.53 bits per heavy atom. The first-order valence-electron chi connectivity index (χ1n) is 10.3. The van der Waals surface area contributed by atoms with Crippen LogP contribution in [-0.2, 0) is 6.54 Å². The van der Waals surface area contributed by atoms with Crippen LogP contribution in [0, 0.1) is 5.92 Å². The third-order valence-corrected chi connectivity index (χ3v) is 4.85. The molecule has 0 amide bonds. The molecule has 1 N–H and O–H groups in total. The number of hydrogen-bond donors (Lipinski definition) is 1. The van der Waals surface area contributed by atoms with Crippen molar-refractivity contribution in [3.63, 3.8) is 0 Å². The topological polar surface area (TPSA) is 60.4 Å². The van der Waals surface area contributed by atoms with Gasteiger partial charge in [0.1, 0.15) is 24.2 Å². The number of methoxy groups -OCH3 is 3. The average Bonchev–Trinajstić information content (AvgIpc) is 2.76. The Hall–Kier alpha value is -2.44. The van der Waals surface area contributed by atoms with E-state index in [1.54, 1.807) is 21.3 Å². The van der Waals surface area contributed by atoms with E-state index >= 15 is 0 Å². The third-order valence-electron chi connectivity index (χ3n) is 4.85. The Morgan fingerprint density at radius 1 is 0.867 bits per heavy atom. The molecule has 0 saturated carbocycles. The predicted molar refractivity (Wildman–Crippen MR) is 119 cm³/mol. The Bertz CT molecular complexity index is 748. The van der Waals surface area contributed by atoms with Crippen LogP contribution in [0.2, 0.25) is 0 Å². The highest BCUT2D eigenvalue weighted by Gasteiger charge is 2.15. The summed E-state index contributed by atoms with van der Waals surface area (Å²) in [6.07, 6.45) is 0.457. The van der Waals surface area contributed by atoms with E-state index in [9.17, 15) is 5.11 Å². The van der Waals surface area contributed by atoms with Crippen LogP contribution in [0.4, 0.5) is 0 Å². The van der Waals surface area contributed by atoms with Crippen molar-refractivity contribution in [2.75, 3.05) is 41.0 Å². The molecule has 2 aromatic carbocycles. The molecule has 2 rings (SSSR count). The minimum atomic E-state index is -0.598. The van der Waals surface area contributed by atoms with E-state index < -0.39 is 6.10 Å². The van der Waals surface area contributed by atoms with Gasteiger partial charge >= 0.3 is 0 Å². The molecule has 0 aliphatic carbocycles. The summed E-state index contributed by atoms with van der Waals surface area (Å²) in [5.74, 6) is 3.50. The summed E-state index contributed by atoms with van der Waals surface area (Å²) < 4.78 is 21.6. The van der Waals surface area contributed by atoms with E-state index in [1.165, 1.54) is 0 Å². The fourth-order valence-corrected chi connectivity index (χ4v) is 3.13. The Kier molecular flexibility index (Phi) is 9.77. The summed E-state index contributed by atoms with van der Waals surface area (Å²) in [4.78, 5) is 2.25. The summed E-state index contributed by atoms with van der Waals surface area (Å²) in [7, 11) is 4.90. The maximum atomic E-state index is 10.6. The summed E-state index contributed by atoms with van der Waals surface area (Å²) in [6.45, 7) is 6.78. The van der Waals surface area contributed by atoms with Gasteiger partial charge in [-0.05, 0) is 60.8 Å². The first kappa shape index (κ1) is 23.8. The normalized spacial score (nSPS) is 12.1. The second kappa shape index (κ2) is 12.3. The number of aliphatic hydroxyl groups is 1. The summed E-state index contributed by atoms with van der Waals surface area (Å²) in [5, 5.41) is 10.6. The van der Waals surface area contributed by atoms with Crippen LogP contribution in [0.1, 0.15) is 25.8 Å². The van der Waals surface area contributed by atoms with Crippen LogP contribution in [-0.4, -0.2) is 57.1 Å². The number of nitrogens with zero attached hydrogens (tertiary/aromatic N) is 1. The molecule has 0 unspecified atom stereocenters. The predicted octanol–water partition coefficient (Wildman–Crippen LogP) is 4.00. The standard InChI is InChI=1S/C24H35NO5/c1-18(2)12-13-25(15-19-6-11-23(28-4)24(14-19)29-5)16-20(26)17-30-22-9-7-21(27-3)8-10-22/h6-11,14,18,20,26H,12-13,15-17H2,1-5H3/t20-/m1/s1. The van der Waals surface area contributed by atoms with Crippen molar-refractivity contribution in [2.24, 2.45) is 5.92 Å². The second-order valence-corrected chi connectivity index (χ2v) is 7.75. The van der Waals surface area contributed by atoms with Gasteiger partial charge in [-0.3, -0.25) is 4.90 Å². The van der Waals surface area contributed by atoms with Gasteiger partial charge in [0.2, 0.25) is 0 Å². The van der Waals surface area contributed by atoms with Crippen LogP contribution in [0.15, 0.2) is 42.5 Å². The zero-order valence-electron chi connectivity index (χ0n) is 18.8. The zero-order valence-corrected chi connectivity index (χ0v) is 18.8. The van der Waals surface area contributed by atoms with Crippen molar-refractivity contribution < 1.29 is 24.1 Å². The van der Waals surface area contributed by atoms with Gasteiger partial charge in [0.05, 0.1) is 21.3 Å². The molecule has 0 aromatic heterocycles. The van der Waals surface area contributed by atoms with E-state index in [-0.39, 0.29) is 6.61 Å². The van der Waals surface area contributed by atoms with Crippen LogP contribution in [0.3, 0.4) is 0 Å². The monoisotopic (exact) mass is 417 g/mol. The van der Waals surface area contributed by atoms with Crippen LogP contribution < -0.4 is 18.9 Å². The van der Waals surface area contributed by atoms with Crippen molar-refractivity contribution in [3.05, 3.63) is 48.0 Å². The lowest BCUT2D eigenvalue weighted by molar-refractivity contribution is 0.0639. The molecule has 6 heteroatoms. The van der Waals surface area contributed by atoms with Gasteiger partial charge < -0.3 is 24.1 Å². The molecule has 0 aliphatic rings. The zero-order chi connectivity index (χ0) is 21.9. The smallest absolute Gasteiger partial charge is 0.161 e. The van der Waals surface area contributed by atoms with Gasteiger partial charge in [-0.25, -0.2) is 0 Å². The molecule has 166 valence electrons. The maximum Gasteiger partial charge on any atom is 0.161 e. The first-order valence-corrected chi connectivity index (χ1v) is 10.3. The molecule has 6 nitrogen and oxygen atoms in total. The molecule has 1 atom stereocenters. The molecule has 30 heavy (non-hydrogen) atoms. The fraction of sp³-hybridized carbons (Fsp3) is 0.500. The molecule has 0 saturated heterocycles. The van der Waals surface area contributed by atoms with Crippen LogP contribution in [0.25, 0.3) is 0 Å². The van der Waals surface area contributed by atoms with Crippen LogP contribution in [0.5, 0.6) is 23.0 Å². The van der Waals surface area contributed by atoms with Gasteiger partial charge in [-0.1, -0.05) is 19.9 Å². The quantitative estimate of drug-likeness (QED) is 0.532. The molecule has 0 bridgehead atoms. The molecule has 0 aliphatic heterocycles. The lowest BCUT2D eigenvalue weighted by Gasteiger charge is -2.26. The summed E-state index contributed by atoms with van der Waals surface area (Å²) in [5.41, 5.74) is 1.11. The number of aliphatic hydroxyl groups excluding tert-OH is 1. The number of ether oxygens (including phenoxy) is 4. The first-order chi connectivity index (χ1) is 14.4. The average molecular weight is 418 g/mol. The van der Waals surface area contributed by atoms with E-state index in [1.807, 2.05) is 42.5 Å². The maximum absolute atomic E-state index is 10.6. The summed E-state index contributed by atoms with van der Waals surface area (Å²) >= 11 is 0. The van der Waals surface area contributed by atoms with Crippen molar-refractivity contribution in [3.8, 4) is 23.0 Å². The highest BCUT2D eigenvalue weighted by atomic mass is 16.5. The Balaban J connectivity index is 1.97. The lowest BCUT2D eigenvalue weighted by atomic mass is 10.1. The number of rotatable bonds is 13. The van der Waals surface area contributed by atoms with Gasteiger partial charge in [-0.2, -0.15) is 0 Å². The molecular formula is C24H35NO5. The molecule has 0 spiro atoms. The van der Waals surface area contributed by atoms with Gasteiger partial charge in [0.15, 0.2) is 11.5 Å². The molecule has 2 aromatic rings. The Labute approximate surface area is 180 Å². The number of benzene rings is 2. The van der Waals surface area contributed by atoms with E-state index in [0.717, 1.165) is 24.3 Å². The molecule has 0 heterocycles. The van der Waals surface area contributed by atoms with Gasteiger partial charge in [0.25, 0.3) is 0 Å². The van der Waals surface area contributed by atoms with Crippen molar-refractivity contribution in [2.45, 2.75) is 32.9 Å². The molecule has 0 radical (unpaired) electrons. The van der Waals surface area contributed by atoms with Crippen molar-refractivity contribution in [1.82, 2.24) is 4.90 Å². The van der Waals surface area contributed by atoms with Gasteiger partial charge in [0, 0.05) is 13.1 Å². The summed E-state index contributed by atoms with van der Waals surface area (Å²) in [6, 6.07) is 13.3. The minimum Gasteiger partial charge on any atom is -0.497 e. The van der Waals surface area contributed by atoms with Crippen molar-refractivity contribution >= 4 is 0 Å². The van der Waals surface area contributed by atoms with E-state index in [4.69, 9.17) is 18.9 Å². The third kappa shape index (κ3) is 7.76. The highest BCUT2D eigenvalue weighted by Crippen LogP contribution is 2.28. The molecule has 0 fully saturated rings. The fourth-order valence-electron chi connectivity index (χ4n) is 3.13. The highest BCUT2D eigenvalue weighted by molar-refractivity contribution is 5.42. The molecular weight excluding hydrogens is 382 g/mol. The van der Waals surface area contributed by atoms with E-state index in [0.29, 0.717) is 36.3 Å². The van der Waals surface area contributed by atoms with Crippen LogP contribution >= 0.6 is 0 Å². The Morgan fingerprint density at radius 3 is 2.13 bits per heavy atom. The minimum absolute atomic E-state index is 0.233. The van der Waals surface area contributed by atoms with E-state index in [2.05, 4.69) is 18.7 Å². The lowest BCUT2D eigenvalue weighted by Crippen LogP contribution is -2.36. The van der Waals surface area contributed by atoms with Crippen molar-refractivity contribution in [1.29, 1.82) is 0 Å². The second-order valence-electron chi connectivity index (χ2n) is 7.75.